The average Bonchev–Trinajstić information content (AvgIpc) is 2.52. The van der Waals surface area contributed by atoms with E-state index in [9.17, 15) is 0 Å². The highest BCUT2D eigenvalue weighted by Gasteiger charge is 2.19. The van der Waals surface area contributed by atoms with Gasteiger partial charge in [-0.25, -0.2) is 0 Å². The molecule has 0 spiro atoms. The number of rotatable bonds is 6. The van der Waals surface area contributed by atoms with Gasteiger partial charge in [0.15, 0.2) is 0 Å². The summed E-state index contributed by atoms with van der Waals surface area (Å²) >= 11 is 0. The van der Waals surface area contributed by atoms with Gasteiger partial charge in [-0.3, -0.25) is 0 Å². The van der Waals surface area contributed by atoms with Crippen LogP contribution in [0.1, 0.15) is 43.4 Å². The summed E-state index contributed by atoms with van der Waals surface area (Å²) in [6.07, 6.45) is 0.998. The Balaban J connectivity index is 2.22. The molecule has 0 fully saturated rings. The third kappa shape index (κ3) is 3.40. The second-order valence-corrected chi connectivity index (χ2v) is 5.11. The maximum atomic E-state index is 6.46. The lowest BCUT2D eigenvalue weighted by Crippen LogP contribution is -2.18. The second-order valence-electron chi connectivity index (χ2n) is 5.11. The Morgan fingerprint density at radius 3 is 2.35 bits per heavy atom. The summed E-state index contributed by atoms with van der Waals surface area (Å²) in [6.45, 7) is 5.00. The Hall–Kier alpha value is -1.80. The smallest absolute Gasteiger partial charge is 0.124 e. The predicted molar refractivity (Wildman–Crippen MR) is 84.0 cm³/mol. The molecule has 2 heteroatoms. The van der Waals surface area contributed by atoms with Crippen LogP contribution in [0.3, 0.4) is 0 Å². The molecule has 2 unspecified atom stereocenters. The molecule has 2 aromatic rings. The summed E-state index contributed by atoms with van der Waals surface area (Å²) in [6, 6.07) is 18.4. The van der Waals surface area contributed by atoms with Crippen LogP contribution in [0.2, 0.25) is 0 Å². The van der Waals surface area contributed by atoms with E-state index >= 15 is 0 Å². The van der Waals surface area contributed by atoms with Gasteiger partial charge in [0.25, 0.3) is 0 Å². The molecule has 0 radical (unpaired) electrons. The van der Waals surface area contributed by atoms with E-state index in [1.54, 1.807) is 0 Å². The van der Waals surface area contributed by atoms with Crippen LogP contribution in [0.15, 0.2) is 54.6 Å². The van der Waals surface area contributed by atoms with Crippen molar-refractivity contribution in [3.63, 3.8) is 0 Å². The van der Waals surface area contributed by atoms with E-state index < -0.39 is 0 Å². The van der Waals surface area contributed by atoms with E-state index in [-0.39, 0.29) is 12.0 Å². The summed E-state index contributed by atoms with van der Waals surface area (Å²) in [5, 5.41) is 0. The summed E-state index contributed by atoms with van der Waals surface area (Å²) in [4.78, 5) is 0. The van der Waals surface area contributed by atoms with Gasteiger partial charge in [0.05, 0.1) is 6.61 Å². The van der Waals surface area contributed by atoms with Crippen molar-refractivity contribution >= 4 is 0 Å². The number of hydrogen-bond acceptors (Lipinski definition) is 2. The molecular formula is C18H23NO. The van der Waals surface area contributed by atoms with Gasteiger partial charge in [-0.15, -0.1) is 0 Å². The van der Waals surface area contributed by atoms with Crippen LogP contribution in [0.5, 0.6) is 5.75 Å². The number of hydrogen-bond donors (Lipinski definition) is 1. The summed E-state index contributed by atoms with van der Waals surface area (Å²) in [7, 11) is 0. The number of nitrogens with two attached hydrogens (primary N) is 1. The Morgan fingerprint density at radius 1 is 1.00 bits per heavy atom. The van der Waals surface area contributed by atoms with E-state index in [0.29, 0.717) is 0 Å². The van der Waals surface area contributed by atoms with E-state index in [1.807, 2.05) is 24.3 Å². The molecule has 0 heterocycles. The fourth-order valence-electron chi connectivity index (χ4n) is 2.33. The molecule has 2 N–H and O–H groups in total. The van der Waals surface area contributed by atoms with Gasteiger partial charge in [0, 0.05) is 17.5 Å². The molecule has 2 nitrogen and oxygen atoms in total. The molecule has 0 amide bonds. The Kier molecular flexibility index (Phi) is 5.19. The van der Waals surface area contributed by atoms with Crippen LogP contribution in [-0.2, 0) is 0 Å². The van der Waals surface area contributed by atoms with Crippen molar-refractivity contribution in [1.29, 1.82) is 0 Å². The largest absolute Gasteiger partial charge is 0.493 e. The molecule has 0 aliphatic carbocycles. The predicted octanol–water partition coefficient (Wildman–Crippen LogP) is 4.28. The van der Waals surface area contributed by atoms with Gasteiger partial charge in [0.2, 0.25) is 0 Å². The zero-order valence-corrected chi connectivity index (χ0v) is 12.3. The van der Waals surface area contributed by atoms with E-state index in [4.69, 9.17) is 10.5 Å². The standard InChI is InChI=1S/C18H23NO/c1-3-13-20-17-12-8-7-11-16(17)18(19)14(2)15-9-5-4-6-10-15/h4-12,14,18H,3,13,19H2,1-2H3. The first kappa shape index (κ1) is 14.6. The van der Waals surface area contributed by atoms with E-state index in [1.165, 1.54) is 5.56 Å². The molecule has 0 aliphatic rings. The SMILES string of the molecule is CCCOc1ccccc1C(N)C(C)c1ccccc1. The van der Waals surface area contributed by atoms with Crippen LogP contribution in [0.4, 0.5) is 0 Å². The van der Waals surface area contributed by atoms with Crippen LogP contribution in [-0.4, -0.2) is 6.61 Å². The van der Waals surface area contributed by atoms with Crippen LogP contribution in [0.25, 0.3) is 0 Å². The van der Waals surface area contributed by atoms with Gasteiger partial charge >= 0.3 is 0 Å². The third-order valence-corrected chi connectivity index (χ3v) is 3.60. The van der Waals surface area contributed by atoms with E-state index in [0.717, 1.165) is 24.3 Å². The molecule has 0 aromatic heterocycles. The van der Waals surface area contributed by atoms with E-state index in [2.05, 4.69) is 44.2 Å². The first-order valence-electron chi connectivity index (χ1n) is 7.26. The minimum absolute atomic E-state index is 0.0644. The molecule has 2 rings (SSSR count). The fourth-order valence-corrected chi connectivity index (χ4v) is 2.33. The maximum Gasteiger partial charge on any atom is 0.124 e. The van der Waals surface area contributed by atoms with Gasteiger partial charge in [-0.05, 0) is 18.1 Å². The minimum atomic E-state index is -0.0644. The number of para-hydroxylation sites is 1. The normalized spacial score (nSPS) is 13.8. The molecular weight excluding hydrogens is 246 g/mol. The average molecular weight is 269 g/mol. The summed E-state index contributed by atoms with van der Waals surface area (Å²) in [5.74, 6) is 1.16. The molecule has 0 saturated carbocycles. The van der Waals surface area contributed by atoms with Gasteiger partial charge in [-0.1, -0.05) is 62.4 Å². The highest BCUT2D eigenvalue weighted by molar-refractivity contribution is 5.38. The maximum absolute atomic E-state index is 6.46. The lowest BCUT2D eigenvalue weighted by Gasteiger charge is -2.23. The topological polar surface area (TPSA) is 35.2 Å². The highest BCUT2D eigenvalue weighted by atomic mass is 16.5. The quantitative estimate of drug-likeness (QED) is 0.849. The molecule has 0 aliphatic heterocycles. The lowest BCUT2D eigenvalue weighted by atomic mass is 9.89. The zero-order chi connectivity index (χ0) is 14.4. The van der Waals surface area contributed by atoms with Gasteiger partial charge in [-0.2, -0.15) is 0 Å². The first-order valence-corrected chi connectivity index (χ1v) is 7.26. The van der Waals surface area contributed by atoms with Crippen molar-refractivity contribution < 1.29 is 4.74 Å². The summed E-state index contributed by atoms with van der Waals surface area (Å²) < 4.78 is 5.81. The van der Waals surface area contributed by atoms with Crippen LogP contribution in [0, 0.1) is 0 Å². The monoisotopic (exact) mass is 269 g/mol. The lowest BCUT2D eigenvalue weighted by molar-refractivity contribution is 0.311. The first-order chi connectivity index (χ1) is 9.74. The summed E-state index contributed by atoms with van der Waals surface area (Å²) in [5.41, 5.74) is 8.80. The molecule has 0 saturated heterocycles. The minimum Gasteiger partial charge on any atom is -0.493 e. The van der Waals surface area contributed by atoms with Gasteiger partial charge < -0.3 is 10.5 Å². The van der Waals surface area contributed by atoms with Crippen molar-refractivity contribution in [1.82, 2.24) is 0 Å². The van der Waals surface area contributed by atoms with Crippen molar-refractivity contribution in [2.45, 2.75) is 32.2 Å². The fraction of sp³-hybridized carbons (Fsp3) is 0.333. The van der Waals surface area contributed by atoms with Crippen molar-refractivity contribution in [2.75, 3.05) is 6.61 Å². The number of ether oxygens (including phenoxy) is 1. The molecule has 2 aromatic carbocycles. The molecule has 0 bridgehead atoms. The van der Waals surface area contributed by atoms with Crippen LogP contribution < -0.4 is 10.5 Å². The third-order valence-electron chi connectivity index (χ3n) is 3.60. The zero-order valence-electron chi connectivity index (χ0n) is 12.3. The van der Waals surface area contributed by atoms with Crippen LogP contribution >= 0.6 is 0 Å². The Morgan fingerprint density at radius 2 is 1.65 bits per heavy atom. The van der Waals surface area contributed by atoms with Gasteiger partial charge in [0.1, 0.15) is 5.75 Å². The van der Waals surface area contributed by atoms with Crippen molar-refractivity contribution in [2.24, 2.45) is 5.73 Å². The second kappa shape index (κ2) is 7.11. The molecule has 20 heavy (non-hydrogen) atoms. The molecule has 2 atom stereocenters. The highest BCUT2D eigenvalue weighted by Crippen LogP contribution is 2.33. The van der Waals surface area contributed by atoms with Crippen molar-refractivity contribution in [3.8, 4) is 5.75 Å². The Bertz CT molecular complexity index is 524. The van der Waals surface area contributed by atoms with Crippen molar-refractivity contribution in [3.05, 3.63) is 65.7 Å². The number of benzene rings is 2. The Labute approximate surface area is 121 Å². The molecule has 106 valence electrons.